The molecule has 17 heavy (non-hydrogen) atoms. The predicted octanol–water partition coefficient (Wildman–Crippen LogP) is 3.49. The first-order valence-corrected chi connectivity index (χ1v) is 6.48. The Morgan fingerprint density at radius 1 is 1.29 bits per heavy atom. The number of hydrogen-bond acceptors (Lipinski definition) is 2. The van der Waals surface area contributed by atoms with E-state index in [2.05, 4.69) is 29.6 Å². The molecule has 0 atom stereocenters. The highest BCUT2D eigenvalue weighted by molar-refractivity contribution is 7.80. The van der Waals surface area contributed by atoms with E-state index < -0.39 is 0 Å². The average molecular weight is 245 g/mol. The molecule has 3 aliphatic rings. The van der Waals surface area contributed by atoms with Gasteiger partial charge < -0.3 is 10.1 Å². The lowest BCUT2D eigenvalue weighted by Crippen LogP contribution is -2.28. The number of rotatable bonds is 0. The molecule has 2 bridgehead atoms. The molecule has 0 aromatic rings. The van der Waals surface area contributed by atoms with Gasteiger partial charge in [0, 0.05) is 12.1 Å². The van der Waals surface area contributed by atoms with Gasteiger partial charge in [-0.2, -0.15) is 0 Å². The van der Waals surface area contributed by atoms with Crippen molar-refractivity contribution in [2.75, 3.05) is 0 Å². The van der Waals surface area contributed by atoms with Gasteiger partial charge in [0.25, 0.3) is 5.17 Å². The summed E-state index contributed by atoms with van der Waals surface area (Å²) in [6.07, 6.45) is 14.2. The molecular formula is C14H15NOS. The Bertz CT molecular complexity index is 482. The summed E-state index contributed by atoms with van der Waals surface area (Å²) in [5.74, 6) is 0.977. The first-order chi connectivity index (χ1) is 8.31. The van der Waals surface area contributed by atoms with Gasteiger partial charge >= 0.3 is 0 Å². The fourth-order valence-electron chi connectivity index (χ4n) is 2.55. The second-order valence-electron chi connectivity index (χ2n) is 4.61. The quantitative estimate of drug-likeness (QED) is 0.660. The van der Waals surface area contributed by atoms with Crippen molar-refractivity contribution in [3.05, 3.63) is 46.9 Å². The highest BCUT2D eigenvalue weighted by Crippen LogP contribution is 2.32. The van der Waals surface area contributed by atoms with E-state index in [-0.39, 0.29) is 0 Å². The fraction of sp³-hybridized carbons (Fsp3) is 0.357. The molecule has 3 heteroatoms. The van der Waals surface area contributed by atoms with Crippen LogP contribution in [0.25, 0.3) is 0 Å². The maximum Gasteiger partial charge on any atom is 0.266 e. The van der Waals surface area contributed by atoms with Crippen LogP contribution in [0.4, 0.5) is 0 Å². The van der Waals surface area contributed by atoms with Crippen molar-refractivity contribution >= 4 is 17.4 Å². The summed E-state index contributed by atoms with van der Waals surface area (Å²) < 4.78 is 5.58. The van der Waals surface area contributed by atoms with Crippen molar-refractivity contribution in [2.24, 2.45) is 0 Å². The van der Waals surface area contributed by atoms with Gasteiger partial charge in [0.05, 0.1) is 0 Å². The number of ether oxygens (including phenoxy) is 1. The SMILES string of the molecule is S=C1NC2=C/C=C\CC3=C(/C=C(\C2)O1)CCC3. The second kappa shape index (κ2) is 4.49. The van der Waals surface area contributed by atoms with Crippen LogP contribution in [-0.4, -0.2) is 5.17 Å². The zero-order valence-electron chi connectivity index (χ0n) is 9.66. The summed E-state index contributed by atoms with van der Waals surface area (Å²) in [5, 5.41) is 3.55. The van der Waals surface area contributed by atoms with Crippen LogP contribution < -0.4 is 5.32 Å². The summed E-state index contributed by atoms with van der Waals surface area (Å²) in [5.41, 5.74) is 4.13. The Morgan fingerprint density at radius 2 is 2.24 bits per heavy atom. The van der Waals surface area contributed by atoms with Crippen LogP contribution in [0.15, 0.2) is 46.9 Å². The van der Waals surface area contributed by atoms with Crippen molar-refractivity contribution in [3.8, 4) is 0 Å². The lowest BCUT2D eigenvalue weighted by Gasteiger charge is -2.21. The van der Waals surface area contributed by atoms with Gasteiger partial charge in [-0.25, -0.2) is 0 Å². The molecule has 2 nitrogen and oxygen atoms in total. The van der Waals surface area contributed by atoms with Gasteiger partial charge in [0.15, 0.2) is 0 Å². The van der Waals surface area contributed by atoms with E-state index in [0.29, 0.717) is 5.17 Å². The topological polar surface area (TPSA) is 21.3 Å². The minimum Gasteiger partial charge on any atom is -0.436 e. The maximum atomic E-state index is 5.58. The van der Waals surface area contributed by atoms with Crippen LogP contribution in [0.1, 0.15) is 32.1 Å². The van der Waals surface area contributed by atoms with Gasteiger partial charge in [0.2, 0.25) is 0 Å². The van der Waals surface area contributed by atoms with Crippen LogP contribution in [-0.2, 0) is 4.74 Å². The zero-order chi connectivity index (χ0) is 11.7. The van der Waals surface area contributed by atoms with E-state index in [1.807, 2.05) is 0 Å². The largest absolute Gasteiger partial charge is 0.436 e. The predicted molar refractivity (Wildman–Crippen MR) is 72.2 cm³/mol. The zero-order valence-corrected chi connectivity index (χ0v) is 10.5. The normalized spacial score (nSPS) is 28.4. The summed E-state index contributed by atoms with van der Waals surface area (Å²) in [6.45, 7) is 0. The van der Waals surface area contributed by atoms with Crippen LogP contribution in [0.2, 0.25) is 0 Å². The molecule has 3 rings (SSSR count). The molecule has 2 aliphatic carbocycles. The lowest BCUT2D eigenvalue weighted by atomic mass is 10.0. The van der Waals surface area contributed by atoms with Crippen LogP contribution in [0.3, 0.4) is 0 Å². The molecule has 0 amide bonds. The van der Waals surface area contributed by atoms with E-state index in [9.17, 15) is 0 Å². The molecule has 88 valence electrons. The average Bonchev–Trinajstić information content (AvgIpc) is 2.71. The Balaban J connectivity index is 1.99. The first-order valence-electron chi connectivity index (χ1n) is 6.07. The van der Waals surface area contributed by atoms with Crippen molar-refractivity contribution < 1.29 is 4.74 Å². The smallest absolute Gasteiger partial charge is 0.266 e. The third-order valence-electron chi connectivity index (χ3n) is 3.36. The minimum absolute atomic E-state index is 0.461. The van der Waals surface area contributed by atoms with Crippen LogP contribution in [0.5, 0.6) is 0 Å². The van der Waals surface area contributed by atoms with Crippen LogP contribution in [0, 0.1) is 0 Å². The van der Waals surface area contributed by atoms with Gasteiger partial charge in [-0.15, -0.1) is 0 Å². The third kappa shape index (κ3) is 2.34. The lowest BCUT2D eigenvalue weighted by molar-refractivity contribution is 0.374. The van der Waals surface area contributed by atoms with Crippen molar-refractivity contribution in [3.63, 3.8) is 0 Å². The van der Waals surface area contributed by atoms with E-state index in [1.54, 1.807) is 5.57 Å². The third-order valence-corrected chi connectivity index (χ3v) is 3.55. The molecule has 1 fully saturated rings. The maximum absolute atomic E-state index is 5.58. The molecule has 0 aromatic carbocycles. The van der Waals surface area contributed by atoms with Crippen molar-refractivity contribution in [2.45, 2.75) is 32.1 Å². The highest BCUT2D eigenvalue weighted by Gasteiger charge is 2.18. The molecule has 0 saturated carbocycles. The number of hydrogen-bond donors (Lipinski definition) is 1. The Hall–Kier alpha value is -1.35. The minimum atomic E-state index is 0.461. The summed E-state index contributed by atoms with van der Waals surface area (Å²) in [4.78, 5) is 0. The second-order valence-corrected chi connectivity index (χ2v) is 4.98. The molecule has 1 heterocycles. The molecule has 0 spiro atoms. The standard InChI is InChI=1S/C14H15NOS/c17-14-15-12-7-2-1-4-10-5-3-6-11(10)8-13(9-12)16-14/h1-2,7-8H,3-6,9H2,(H,15,17)/b2-1-,12-7?,13-8+. The number of thiocarbonyl (C=S) groups is 1. The van der Waals surface area contributed by atoms with E-state index in [4.69, 9.17) is 17.0 Å². The van der Waals surface area contributed by atoms with E-state index in [1.165, 1.54) is 24.8 Å². The van der Waals surface area contributed by atoms with E-state index in [0.717, 1.165) is 24.3 Å². The molecule has 1 N–H and O–H groups in total. The van der Waals surface area contributed by atoms with Gasteiger partial charge in [0.1, 0.15) is 5.76 Å². The Labute approximate surface area is 107 Å². The van der Waals surface area contributed by atoms with Gasteiger partial charge in [-0.3, -0.25) is 0 Å². The molecule has 1 saturated heterocycles. The van der Waals surface area contributed by atoms with Crippen LogP contribution >= 0.6 is 12.2 Å². The fourth-order valence-corrected chi connectivity index (χ4v) is 2.79. The summed E-state index contributed by atoms with van der Waals surface area (Å²) >= 11 is 5.11. The number of nitrogens with one attached hydrogen (secondary N) is 1. The summed E-state index contributed by atoms with van der Waals surface area (Å²) in [6, 6.07) is 0. The molecule has 0 unspecified atom stereocenters. The van der Waals surface area contributed by atoms with Gasteiger partial charge in [-0.1, -0.05) is 17.7 Å². The molecule has 1 aliphatic heterocycles. The molecule has 0 radical (unpaired) electrons. The first kappa shape index (κ1) is 10.8. The number of fused-ring (bicyclic) bond motifs is 2. The van der Waals surface area contributed by atoms with E-state index >= 15 is 0 Å². The highest BCUT2D eigenvalue weighted by atomic mass is 32.1. The Morgan fingerprint density at radius 3 is 3.18 bits per heavy atom. The number of allylic oxidation sites excluding steroid dienone is 6. The van der Waals surface area contributed by atoms with Gasteiger partial charge in [-0.05, 0) is 55.6 Å². The summed E-state index contributed by atoms with van der Waals surface area (Å²) in [7, 11) is 0. The molecule has 0 aromatic heterocycles. The molecular weight excluding hydrogens is 230 g/mol. The monoisotopic (exact) mass is 245 g/mol. The van der Waals surface area contributed by atoms with Crippen molar-refractivity contribution in [1.29, 1.82) is 0 Å². The Kier molecular flexibility index (Phi) is 2.85. The van der Waals surface area contributed by atoms with Crippen molar-refractivity contribution in [1.82, 2.24) is 5.32 Å².